The molecule has 0 bridgehead atoms. The highest BCUT2D eigenvalue weighted by atomic mass is 35.5. The van der Waals surface area contributed by atoms with Gasteiger partial charge in [-0.2, -0.15) is 0 Å². The van der Waals surface area contributed by atoms with E-state index in [2.05, 4.69) is 10.1 Å². The van der Waals surface area contributed by atoms with Crippen molar-refractivity contribution in [3.8, 4) is 17.0 Å². The predicted octanol–water partition coefficient (Wildman–Crippen LogP) is 5.68. The highest BCUT2D eigenvalue weighted by Crippen LogP contribution is 2.38. The average Bonchev–Trinajstić information content (AvgIpc) is 3.15. The quantitative estimate of drug-likeness (QED) is 0.279. The zero-order valence-corrected chi connectivity index (χ0v) is 19.9. The summed E-state index contributed by atoms with van der Waals surface area (Å²) in [6.45, 7) is 0. The minimum atomic E-state index is -0.478. The molecule has 3 N–H and O–H groups in total. The predicted molar refractivity (Wildman–Crippen MR) is 138 cm³/mol. The number of aromatic hydroxyl groups is 1. The molecule has 0 radical (unpaired) electrons. The largest absolute Gasteiger partial charge is 0.493 e. The van der Waals surface area contributed by atoms with Gasteiger partial charge in [-0.05, 0) is 40.5 Å². The first-order valence-corrected chi connectivity index (χ1v) is 12.0. The summed E-state index contributed by atoms with van der Waals surface area (Å²) in [5, 5.41) is 14.5. The van der Waals surface area contributed by atoms with Crippen LogP contribution in [0.2, 0.25) is 5.02 Å². The third kappa shape index (κ3) is 4.69. The van der Waals surface area contributed by atoms with Gasteiger partial charge in [-0.25, -0.2) is 4.68 Å². The third-order valence-electron chi connectivity index (χ3n) is 5.63. The molecule has 0 saturated heterocycles. The molecule has 5 aromatic rings. The number of pyridine rings is 1. The lowest BCUT2D eigenvalue weighted by atomic mass is 9.96. The van der Waals surface area contributed by atoms with Crippen molar-refractivity contribution >= 4 is 23.4 Å². The lowest BCUT2D eigenvalue weighted by Crippen LogP contribution is -2.16. The molecule has 2 aromatic heterocycles. The summed E-state index contributed by atoms with van der Waals surface area (Å²) in [4.78, 5) is 27.8. The first-order chi connectivity index (χ1) is 17.0. The van der Waals surface area contributed by atoms with Crippen molar-refractivity contribution in [2.45, 2.75) is 15.8 Å². The van der Waals surface area contributed by atoms with Crippen LogP contribution in [0.15, 0.2) is 117 Å². The van der Waals surface area contributed by atoms with Crippen LogP contribution in [0.4, 0.5) is 0 Å². The molecular weight excluding hydrogens is 482 g/mol. The summed E-state index contributed by atoms with van der Waals surface area (Å²) < 4.78 is 1.48. The number of rotatable bonds is 6. The van der Waals surface area contributed by atoms with E-state index in [1.165, 1.54) is 10.7 Å². The summed E-state index contributed by atoms with van der Waals surface area (Å²) >= 11 is 7.39. The number of benzene rings is 3. The number of nitrogens with one attached hydrogen (secondary N) is 2. The topological polar surface area (TPSA) is 90.9 Å². The highest BCUT2D eigenvalue weighted by Gasteiger charge is 2.24. The molecule has 0 aliphatic rings. The maximum Gasteiger partial charge on any atom is 0.282 e. The van der Waals surface area contributed by atoms with E-state index in [9.17, 15) is 14.7 Å². The Morgan fingerprint density at radius 2 is 1.46 bits per heavy atom. The highest BCUT2D eigenvalue weighted by molar-refractivity contribution is 7.99. The zero-order chi connectivity index (χ0) is 24.4. The number of nitrogens with zero attached hydrogens (tertiary/aromatic N) is 1. The molecule has 0 fully saturated rings. The van der Waals surface area contributed by atoms with Crippen molar-refractivity contribution < 1.29 is 5.11 Å². The van der Waals surface area contributed by atoms with Gasteiger partial charge >= 0.3 is 0 Å². The Balaban J connectivity index is 1.57. The van der Waals surface area contributed by atoms with E-state index in [-0.39, 0.29) is 16.3 Å². The number of aromatic nitrogens is 3. The first-order valence-electron chi connectivity index (χ1n) is 10.8. The van der Waals surface area contributed by atoms with Crippen molar-refractivity contribution in [2.24, 2.45) is 0 Å². The normalized spacial score (nSPS) is 11.9. The fourth-order valence-corrected chi connectivity index (χ4v) is 5.03. The molecule has 0 aliphatic heterocycles. The second kappa shape index (κ2) is 9.74. The molecule has 0 aliphatic carbocycles. The van der Waals surface area contributed by atoms with Crippen molar-refractivity contribution in [3.63, 3.8) is 0 Å². The number of aromatic amines is 2. The van der Waals surface area contributed by atoms with E-state index in [1.807, 2.05) is 66.7 Å². The first kappa shape index (κ1) is 22.8. The molecule has 1 unspecified atom stereocenters. The van der Waals surface area contributed by atoms with E-state index in [0.717, 1.165) is 34.0 Å². The molecule has 0 spiro atoms. The van der Waals surface area contributed by atoms with Gasteiger partial charge in [0.15, 0.2) is 0 Å². The second-order valence-corrected chi connectivity index (χ2v) is 9.33. The second-order valence-electron chi connectivity index (χ2n) is 7.87. The van der Waals surface area contributed by atoms with Crippen molar-refractivity contribution in [3.05, 3.63) is 134 Å². The fourth-order valence-electron chi connectivity index (χ4n) is 3.91. The zero-order valence-electron chi connectivity index (χ0n) is 18.3. The Bertz CT molecular complexity index is 1570. The van der Waals surface area contributed by atoms with Crippen LogP contribution in [0.1, 0.15) is 17.2 Å². The van der Waals surface area contributed by atoms with E-state index in [1.54, 1.807) is 24.4 Å². The number of halogens is 1. The fraction of sp³-hybridized carbons (Fsp3) is 0.0370. The van der Waals surface area contributed by atoms with Crippen LogP contribution < -0.4 is 11.1 Å². The van der Waals surface area contributed by atoms with Crippen LogP contribution in [0.25, 0.3) is 11.1 Å². The van der Waals surface area contributed by atoms with Gasteiger partial charge in [0.05, 0.1) is 5.02 Å². The van der Waals surface area contributed by atoms with Gasteiger partial charge in [0.25, 0.3) is 5.56 Å². The molecular formula is C27H20ClN3O3S. The standard InChI is InChI=1S/C27H20ClN3O3S/c28-21-8-4-5-9-22(21)35-25-26(33)30-31(27(25)34)24(18-6-2-1-3-7-18)19-12-10-17(11-13-19)20-14-15-23(32)29-16-20/h1-16,24,34H,(H,29,32)(H,30,33). The van der Waals surface area contributed by atoms with E-state index < -0.39 is 11.6 Å². The summed E-state index contributed by atoms with van der Waals surface area (Å²) in [5.74, 6) is -0.168. The Morgan fingerprint density at radius 1 is 0.800 bits per heavy atom. The molecule has 1 atom stereocenters. The van der Waals surface area contributed by atoms with Crippen LogP contribution in [0.5, 0.6) is 5.88 Å². The molecule has 3 aromatic carbocycles. The minimum Gasteiger partial charge on any atom is -0.493 e. The van der Waals surface area contributed by atoms with Gasteiger partial charge in [0, 0.05) is 17.2 Å². The van der Waals surface area contributed by atoms with Gasteiger partial charge in [0.1, 0.15) is 10.9 Å². The molecule has 6 nitrogen and oxygen atoms in total. The number of hydrogen-bond donors (Lipinski definition) is 3. The lowest BCUT2D eigenvalue weighted by Gasteiger charge is -2.21. The molecule has 0 saturated carbocycles. The van der Waals surface area contributed by atoms with E-state index in [0.29, 0.717) is 9.92 Å². The van der Waals surface area contributed by atoms with Crippen molar-refractivity contribution in [1.82, 2.24) is 14.8 Å². The third-order valence-corrected chi connectivity index (χ3v) is 7.22. The van der Waals surface area contributed by atoms with Crippen molar-refractivity contribution in [2.75, 3.05) is 0 Å². The average molecular weight is 502 g/mol. The van der Waals surface area contributed by atoms with Gasteiger partial charge in [-0.3, -0.25) is 14.7 Å². The SMILES string of the molecule is O=c1ccc(-c2ccc(C(c3ccccc3)n3[nH]c(=O)c(Sc4ccccc4Cl)c3O)cc2)c[nH]1. The summed E-state index contributed by atoms with van der Waals surface area (Å²) in [6.07, 6.45) is 1.67. The van der Waals surface area contributed by atoms with E-state index in [4.69, 9.17) is 11.6 Å². The molecule has 2 heterocycles. The van der Waals surface area contributed by atoms with Crippen LogP contribution in [0, 0.1) is 0 Å². The lowest BCUT2D eigenvalue weighted by molar-refractivity contribution is 0.384. The Kier molecular flexibility index (Phi) is 6.35. The van der Waals surface area contributed by atoms with Gasteiger partial charge in [-0.15, -0.1) is 0 Å². The molecule has 174 valence electrons. The summed E-state index contributed by atoms with van der Waals surface area (Å²) in [7, 11) is 0. The number of H-pyrrole nitrogens is 2. The van der Waals surface area contributed by atoms with Crippen molar-refractivity contribution in [1.29, 1.82) is 0 Å². The maximum atomic E-state index is 12.9. The Labute approximate surface area is 209 Å². The van der Waals surface area contributed by atoms with Gasteiger partial charge < -0.3 is 10.1 Å². The van der Waals surface area contributed by atoms with Gasteiger partial charge in [0.2, 0.25) is 11.4 Å². The molecule has 8 heteroatoms. The van der Waals surface area contributed by atoms with Crippen LogP contribution in [-0.4, -0.2) is 19.9 Å². The van der Waals surface area contributed by atoms with Crippen LogP contribution >= 0.6 is 23.4 Å². The van der Waals surface area contributed by atoms with E-state index >= 15 is 0 Å². The number of hydrogen-bond acceptors (Lipinski definition) is 4. The van der Waals surface area contributed by atoms with Crippen LogP contribution in [-0.2, 0) is 0 Å². The maximum absolute atomic E-state index is 12.9. The van der Waals surface area contributed by atoms with Gasteiger partial charge in [-0.1, -0.05) is 90.1 Å². The molecule has 5 rings (SSSR count). The minimum absolute atomic E-state index is 0.160. The monoisotopic (exact) mass is 501 g/mol. The Morgan fingerprint density at radius 3 is 2.14 bits per heavy atom. The van der Waals surface area contributed by atoms with Crippen LogP contribution in [0.3, 0.4) is 0 Å². The molecule has 35 heavy (non-hydrogen) atoms. The summed E-state index contributed by atoms with van der Waals surface area (Å²) in [5.41, 5.74) is 2.99. The smallest absolute Gasteiger partial charge is 0.282 e. The Hall–Kier alpha value is -3.94. The summed E-state index contributed by atoms with van der Waals surface area (Å²) in [6, 6.07) is 27.3. The molecule has 0 amide bonds.